The molecule has 0 fully saturated rings. The minimum Gasteiger partial charge on any atom is -0.355 e. The Kier molecular flexibility index (Phi) is 5.68. The van der Waals surface area contributed by atoms with Crippen LogP contribution in [0.4, 0.5) is 0 Å². The summed E-state index contributed by atoms with van der Waals surface area (Å²) in [6.45, 7) is 2.99. The van der Waals surface area contributed by atoms with Crippen LogP contribution in [0.3, 0.4) is 0 Å². The first-order valence-corrected chi connectivity index (χ1v) is 8.91. The summed E-state index contributed by atoms with van der Waals surface area (Å²) in [5.74, 6) is 0.551. The molecule has 2 aromatic rings. The van der Waals surface area contributed by atoms with E-state index in [2.05, 4.69) is 48.3 Å². The lowest BCUT2D eigenvalue weighted by molar-refractivity contribution is 0.0986. The molecular weight excluding hydrogens is 424 g/mol. The standard InChI is InChI=1S/C9H10BrNO.C7H6BrNO.CH4/c1-2-11-5-7-6(9(11)10)3-4-8(7)12;8-7-4-1-2-6(10)5(4)3-9-7;/h5H,2-4H2,1H3;3,9H,1-2H2;1H4. The second-order valence-corrected chi connectivity index (χ2v) is 6.98. The van der Waals surface area contributed by atoms with Gasteiger partial charge >= 0.3 is 0 Å². The molecule has 4 rings (SSSR count). The summed E-state index contributed by atoms with van der Waals surface area (Å²) >= 11 is 6.84. The van der Waals surface area contributed by atoms with Gasteiger partial charge in [0.15, 0.2) is 11.6 Å². The van der Waals surface area contributed by atoms with Crippen LogP contribution in [0.5, 0.6) is 0 Å². The molecule has 2 aliphatic carbocycles. The number of aryl methyl sites for hydroxylation is 1. The summed E-state index contributed by atoms with van der Waals surface area (Å²) in [6.07, 6.45) is 6.88. The normalized spacial score (nSPS) is 14.9. The minimum atomic E-state index is 0. The van der Waals surface area contributed by atoms with Crippen LogP contribution in [-0.2, 0) is 19.4 Å². The number of hydrogen-bond donors (Lipinski definition) is 1. The van der Waals surface area contributed by atoms with Crippen LogP contribution in [0.2, 0.25) is 0 Å². The molecule has 2 heterocycles. The number of Topliss-reactive ketones (excluding diaryl/α,β-unsaturated/α-hetero) is 2. The third kappa shape index (κ3) is 3.24. The number of carbonyl (C=O) groups excluding carboxylic acids is 2. The van der Waals surface area contributed by atoms with E-state index >= 15 is 0 Å². The lowest BCUT2D eigenvalue weighted by atomic mass is 10.2. The highest BCUT2D eigenvalue weighted by Gasteiger charge is 2.24. The second-order valence-electron chi connectivity index (χ2n) is 5.44. The number of fused-ring (bicyclic) bond motifs is 2. The quantitative estimate of drug-likeness (QED) is 0.678. The van der Waals surface area contributed by atoms with Crippen molar-refractivity contribution in [3.8, 4) is 0 Å². The molecule has 0 bridgehead atoms. The zero-order chi connectivity index (χ0) is 15.9. The molecule has 23 heavy (non-hydrogen) atoms. The van der Waals surface area contributed by atoms with Crippen molar-refractivity contribution in [2.75, 3.05) is 0 Å². The van der Waals surface area contributed by atoms with Crippen LogP contribution in [-0.4, -0.2) is 21.1 Å². The van der Waals surface area contributed by atoms with Crippen molar-refractivity contribution in [2.24, 2.45) is 0 Å². The van der Waals surface area contributed by atoms with Crippen molar-refractivity contribution in [2.45, 2.75) is 46.6 Å². The monoisotopic (exact) mass is 442 g/mol. The zero-order valence-corrected chi connectivity index (χ0v) is 15.4. The number of halogens is 2. The van der Waals surface area contributed by atoms with Gasteiger partial charge in [0.2, 0.25) is 0 Å². The molecule has 0 atom stereocenters. The van der Waals surface area contributed by atoms with Gasteiger partial charge in [-0.2, -0.15) is 0 Å². The number of H-pyrrole nitrogens is 1. The Balaban J connectivity index is 0.000000162. The van der Waals surface area contributed by atoms with Gasteiger partial charge in [0, 0.05) is 42.9 Å². The molecule has 2 aromatic heterocycles. The first kappa shape index (κ1) is 18.2. The van der Waals surface area contributed by atoms with Gasteiger partial charge in [-0.25, -0.2) is 0 Å². The third-order valence-electron chi connectivity index (χ3n) is 4.19. The first-order valence-electron chi connectivity index (χ1n) is 7.32. The average Bonchev–Trinajstić information content (AvgIpc) is 3.22. The average molecular weight is 444 g/mol. The molecule has 0 radical (unpaired) electrons. The van der Waals surface area contributed by atoms with E-state index in [1.54, 1.807) is 6.20 Å². The smallest absolute Gasteiger partial charge is 0.165 e. The maximum Gasteiger partial charge on any atom is 0.165 e. The largest absolute Gasteiger partial charge is 0.355 e. The van der Waals surface area contributed by atoms with Crippen molar-refractivity contribution in [1.82, 2.24) is 9.55 Å². The van der Waals surface area contributed by atoms with Gasteiger partial charge in [0.05, 0.1) is 9.21 Å². The van der Waals surface area contributed by atoms with Crippen LogP contribution in [0.1, 0.15) is 59.0 Å². The number of nitrogens with one attached hydrogen (secondary N) is 1. The van der Waals surface area contributed by atoms with E-state index in [1.807, 2.05) is 6.20 Å². The molecule has 0 aliphatic heterocycles. The van der Waals surface area contributed by atoms with Gasteiger partial charge in [-0.05, 0) is 62.8 Å². The van der Waals surface area contributed by atoms with Gasteiger partial charge < -0.3 is 9.55 Å². The molecule has 0 amide bonds. The highest BCUT2D eigenvalue weighted by Crippen LogP contribution is 2.31. The zero-order valence-electron chi connectivity index (χ0n) is 12.2. The summed E-state index contributed by atoms with van der Waals surface area (Å²) in [4.78, 5) is 25.3. The highest BCUT2D eigenvalue weighted by molar-refractivity contribution is 9.10. The van der Waals surface area contributed by atoms with Crippen LogP contribution in [0.25, 0.3) is 0 Å². The van der Waals surface area contributed by atoms with Crippen molar-refractivity contribution in [3.63, 3.8) is 0 Å². The Bertz CT molecular complexity index is 759. The van der Waals surface area contributed by atoms with E-state index in [4.69, 9.17) is 0 Å². The topological polar surface area (TPSA) is 54.9 Å². The molecule has 0 saturated carbocycles. The number of aromatic amines is 1. The Morgan fingerprint density at radius 1 is 1.04 bits per heavy atom. The van der Waals surface area contributed by atoms with Crippen LogP contribution >= 0.6 is 31.9 Å². The molecule has 4 nitrogen and oxygen atoms in total. The molecule has 1 N–H and O–H groups in total. The molecule has 0 spiro atoms. The fourth-order valence-corrected chi connectivity index (χ4v) is 4.24. The summed E-state index contributed by atoms with van der Waals surface area (Å²) in [5.41, 5.74) is 4.13. The number of nitrogens with zero attached hydrogens (tertiary/aromatic N) is 1. The SMILES string of the molecule is C.CCn1cc2c(c1Br)CCC2=O.O=C1CCc2c1c[nH]c2Br. The number of ketones is 2. The Labute approximate surface area is 152 Å². The Hall–Kier alpha value is -1.14. The van der Waals surface area contributed by atoms with Crippen LogP contribution in [0.15, 0.2) is 21.6 Å². The third-order valence-corrected chi connectivity index (χ3v) is 5.83. The van der Waals surface area contributed by atoms with Gasteiger partial charge in [-0.3, -0.25) is 9.59 Å². The van der Waals surface area contributed by atoms with E-state index in [9.17, 15) is 9.59 Å². The summed E-state index contributed by atoms with van der Waals surface area (Å²) < 4.78 is 4.13. The van der Waals surface area contributed by atoms with Crippen LogP contribution < -0.4 is 0 Å². The fourth-order valence-electron chi connectivity index (χ4n) is 2.95. The lowest BCUT2D eigenvalue weighted by Gasteiger charge is -1.99. The summed E-state index contributed by atoms with van der Waals surface area (Å²) in [6, 6.07) is 0. The number of hydrogen-bond acceptors (Lipinski definition) is 2. The summed E-state index contributed by atoms with van der Waals surface area (Å²) in [5, 5.41) is 0. The molecule has 0 unspecified atom stereocenters. The van der Waals surface area contributed by atoms with E-state index in [0.29, 0.717) is 12.8 Å². The number of rotatable bonds is 1. The molecule has 2 aliphatic rings. The van der Waals surface area contributed by atoms with Crippen molar-refractivity contribution >= 4 is 43.4 Å². The lowest BCUT2D eigenvalue weighted by Crippen LogP contribution is -1.95. The predicted molar refractivity (Wildman–Crippen MR) is 98.3 cm³/mol. The Morgan fingerprint density at radius 2 is 1.65 bits per heavy atom. The van der Waals surface area contributed by atoms with Crippen molar-refractivity contribution in [1.29, 1.82) is 0 Å². The molecule has 0 aromatic carbocycles. The molecule has 6 heteroatoms. The van der Waals surface area contributed by atoms with Gasteiger partial charge in [-0.15, -0.1) is 0 Å². The van der Waals surface area contributed by atoms with Gasteiger partial charge in [0.1, 0.15) is 0 Å². The minimum absolute atomic E-state index is 0. The maximum atomic E-state index is 11.3. The maximum absolute atomic E-state index is 11.3. The van der Waals surface area contributed by atoms with Gasteiger partial charge in [0.25, 0.3) is 0 Å². The first-order chi connectivity index (χ1) is 10.5. The summed E-state index contributed by atoms with van der Waals surface area (Å²) in [7, 11) is 0. The second kappa shape index (κ2) is 7.18. The van der Waals surface area contributed by atoms with Crippen LogP contribution in [0, 0.1) is 0 Å². The number of aromatic nitrogens is 2. The molecule has 0 saturated heterocycles. The Morgan fingerprint density at radius 3 is 2.22 bits per heavy atom. The van der Waals surface area contributed by atoms with Crippen molar-refractivity contribution < 1.29 is 9.59 Å². The fraction of sp³-hybridized carbons (Fsp3) is 0.412. The van der Waals surface area contributed by atoms with E-state index in [0.717, 1.165) is 45.3 Å². The van der Waals surface area contributed by atoms with E-state index in [-0.39, 0.29) is 19.0 Å². The predicted octanol–water partition coefficient (Wildman–Crippen LogP) is 4.94. The van der Waals surface area contributed by atoms with Crippen molar-refractivity contribution in [3.05, 3.63) is 43.9 Å². The molecular formula is C17H20Br2N2O2. The number of carbonyl (C=O) groups is 2. The highest BCUT2D eigenvalue weighted by atomic mass is 79.9. The van der Waals surface area contributed by atoms with E-state index in [1.165, 1.54) is 5.56 Å². The van der Waals surface area contributed by atoms with Gasteiger partial charge in [-0.1, -0.05) is 7.43 Å². The van der Waals surface area contributed by atoms with E-state index < -0.39 is 0 Å². The molecule has 124 valence electrons.